The molecule has 104 valence electrons. The van der Waals surface area contributed by atoms with Gasteiger partial charge in [-0.05, 0) is 11.6 Å². The third kappa shape index (κ3) is 3.42. The highest BCUT2D eigenvalue weighted by Crippen LogP contribution is 2.23. The molecule has 1 fully saturated rings. The number of nitrogens with two attached hydrogens (primary N) is 1. The van der Waals surface area contributed by atoms with Crippen LogP contribution in [-0.2, 0) is 16.4 Å². The van der Waals surface area contributed by atoms with E-state index in [4.69, 9.17) is 5.73 Å². The highest BCUT2D eigenvalue weighted by Gasteiger charge is 2.22. The fourth-order valence-electron chi connectivity index (χ4n) is 2.04. The zero-order valence-electron chi connectivity index (χ0n) is 10.3. The number of benzene rings is 1. The van der Waals surface area contributed by atoms with E-state index in [1.807, 2.05) is 4.90 Å². The van der Waals surface area contributed by atoms with Crippen LogP contribution in [0.25, 0.3) is 0 Å². The Bertz CT molecular complexity index is 586. The van der Waals surface area contributed by atoms with Crippen LogP contribution in [0.3, 0.4) is 0 Å². The van der Waals surface area contributed by atoms with Crippen molar-refractivity contribution in [2.75, 3.05) is 30.3 Å². The third-order valence-electron chi connectivity index (χ3n) is 3.13. The Morgan fingerprint density at radius 2 is 1.95 bits per heavy atom. The summed E-state index contributed by atoms with van der Waals surface area (Å²) >= 11 is 0. The summed E-state index contributed by atoms with van der Waals surface area (Å²) in [6.07, 6.45) is 0. The van der Waals surface area contributed by atoms with Crippen molar-refractivity contribution in [2.45, 2.75) is 6.54 Å². The fraction of sp³-hybridized carbons (Fsp3) is 0.455. The fourth-order valence-corrected chi connectivity index (χ4v) is 3.31. The van der Waals surface area contributed by atoms with Gasteiger partial charge in [-0.15, -0.1) is 0 Å². The molecule has 1 aromatic rings. The van der Waals surface area contributed by atoms with E-state index in [-0.39, 0.29) is 22.9 Å². The molecule has 0 amide bonds. The molecule has 19 heavy (non-hydrogen) atoms. The molecule has 1 aromatic carbocycles. The molecular formula is C11H15N3O4S. The Kier molecular flexibility index (Phi) is 3.72. The second kappa shape index (κ2) is 5.14. The predicted octanol–water partition coefficient (Wildman–Crippen LogP) is 0.407. The van der Waals surface area contributed by atoms with E-state index in [0.29, 0.717) is 19.6 Å². The minimum absolute atomic E-state index is 0.107. The van der Waals surface area contributed by atoms with Gasteiger partial charge >= 0.3 is 0 Å². The third-order valence-corrected chi connectivity index (χ3v) is 4.74. The quantitative estimate of drug-likeness (QED) is 0.489. The van der Waals surface area contributed by atoms with Gasteiger partial charge in [-0.3, -0.25) is 15.0 Å². The minimum Gasteiger partial charge on any atom is -0.393 e. The van der Waals surface area contributed by atoms with Crippen LogP contribution < -0.4 is 5.73 Å². The second-order valence-corrected chi connectivity index (χ2v) is 6.88. The molecule has 1 saturated heterocycles. The van der Waals surface area contributed by atoms with Crippen molar-refractivity contribution in [2.24, 2.45) is 0 Å². The monoisotopic (exact) mass is 285 g/mol. The molecule has 0 aromatic heterocycles. The normalized spacial score (nSPS) is 19.2. The van der Waals surface area contributed by atoms with Crippen LogP contribution in [0.2, 0.25) is 0 Å². The largest absolute Gasteiger partial charge is 0.393 e. The van der Waals surface area contributed by atoms with Crippen molar-refractivity contribution < 1.29 is 13.3 Å². The van der Waals surface area contributed by atoms with Crippen LogP contribution >= 0.6 is 0 Å². The van der Waals surface area contributed by atoms with Gasteiger partial charge in [0.05, 0.1) is 16.4 Å². The molecule has 7 nitrogen and oxygen atoms in total. The van der Waals surface area contributed by atoms with E-state index in [0.717, 1.165) is 5.56 Å². The smallest absolute Gasteiger partial charge is 0.292 e. The van der Waals surface area contributed by atoms with Crippen molar-refractivity contribution in [1.29, 1.82) is 0 Å². The topological polar surface area (TPSA) is 107 Å². The van der Waals surface area contributed by atoms with Gasteiger partial charge in [0.2, 0.25) is 0 Å². The summed E-state index contributed by atoms with van der Waals surface area (Å²) in [4.78, 5) is 12.1. The Morgan fingerprint density at radius 3 is 2.47 bits per heavy atom. The molecule has 0 spiro atoms. The predicted molar refractivity (Wildman–Crippen MR) is 71.4 cm³/mol. The average molecular weight is 285 g/mol. The lowest BCUT2D eigenvalue weighted by Gasteiger charge is -2.26. The lowest BCUT2D eigenvalue weighted by molar-refractivity contribution is -0.383. The van der Waals surface area contributed by atoms with Crippen molar-refractivity contribution in [1.82, 2.24) is 4.90 Å². The molecule has 1 heterocycles. The first-order valence-corrected chi connectivity index (χ1v) is 7.65. The average Bonchev–Trinajstić information content (AvgIpc) is 2.31. The lowest BCUT2D eigenvalue weighted by atomic mass is 10.1. The van der Waals surface area contributed by atoms with Gasteiger partial charge in [0.1, 0.15) is 5.69 Å². The summed E-state index contributed by atoms with van der Waals surface area (Å²) in [6.45, 7) is 1.52. The summed E-state index contributed by atoms with van der Waals surface area (Å²) in [5.74, 6) is 0.324. The van der Waals surface area contributed by atoms with Crippen LogP contribution in [0, 0.1) is 10.1 Å². The molecule has 8 heteroatoms. The lowest BCUT2D eigenvalue weighted by Crippen LogP contribution is -2.39. The van der Waals surface area contributed by atoms with Crippen LogP contribution in [0.1, 0.15) is 5.56 Å². The maximum absolute atomic E-state index is 11.3. The summed E-state index contributed by atoms with van der Waals surface area (Å²) in [7, 11) is -2.89. The number of hydrogen-bond acceptors (Lipinski definition) is 6. The molecule has 0 bridgehead atoms. The van der Waals surface area contributed by atoms with Crippen LogP contribution in [0.4, 0.5) is 11.4 Å². The van der Waals surface area contributed by atoms with Gasteiger partial charge in [-0.1, -0.05) is 6.07 Å². The summed E-state index contributed by atoms with van der Waals surface area (Å²) < 4.78 is 22.6. The van der Waals surface area contributed by atoms with Gasteiger partial charge in [0.15, 0.2) is 9.84 Å². The Labute approximate surface area is 111 Å². The number of nitrogens with zero attached hydrogens (tertiary/aromatic N) is 2. The van der Waals surface area contributed by atoms with Crippen molar-refractivity contribution in [3.05, 3.63) is 33.9 Å². The molecule has 0 saturated carbocycles. The Morgan fingerprint density at radius 1 is 1.32 bits per heavy atom. The van der Waals surface area contributed by atoms with Gasteiger partial charge in [-0.25, -0.2) is 8.42 Å². The first kappa shape index (κ1) is 13.8. The van der Waals surface area contributed by atoms with Crippen LogP contribution in [0.15, 0.2) is 18.2 Å². The van der Waals surface area contributed by atoms with Crippen LogP contribution in [0.5, 0.6) is 0 Å². The molecule has 2 rings (SSSR count). The first-order chi connectivity index (χ1) is 8.87. The van der Waals surface area contributed by atoms with E-state index < -0.39 is 14.8 Å². The molecule has 1 aliphatic heterocycles. The first-order valence-electron chi connectivity index (χ1n) is 5.83. The van der Waals surface area contributed by atoms with E-state index in [9.17, 15) is 18.5 Å². The van der Waals surface area contributed by atoms with Crippen molar-refractivity contribution in [3.63, 3.8) is 0 Å². The number of nitro groups is 1. The minimum atomic E-state index is -2.89. The van der Waals surface area contributed by atoms with E-state index in [1.165, 1.54) is 6.07 Å². The summed E-state index contributed by atoms with van der Waals surface area (Å²) in [5, 5.41) is 10.6. The number of hydrogen-bond donors (Lipinski definition) is 1. The molecule has 0 atom stereocenters. The molecule has 1 aliphatic rings. The molecule has 0 unspecified atom stereocenters. The van der Waals surface area contributed by atoms with E-state index in [2.05, 4.69) is 0 Å². The van der Waals surface area contributed by atoms with Gasteiger partial charge in [0, 0.05) is 25.7 Å². The Hall–Kier alpha value is -1.67. The summed E-state index contributed by atoms with van der Waals surface area (Å²) in [5.41, 5.74) is 6.49. The number of rotatable bonds is 3. The zero-order chi connectivity index (χ0) is 14.0. The second-order valence-electron chi connectivity index (χ2n) is 4.58. The van der Waals surface area contributed by atoms with E-state index in [1.54, 1.807) is 12.1 Å². The summed E-state index contributed by atoms with van der Waals surface area (Å²) in [6, 6.07) is 4.60. The van der Waals surface area contributed by atoms with Gasteiger partial charge in [-0.2, -0.15) is 0 Å². The van der Waals surface area contributed by atoms with Crippen LogP contribution in [-0.4, -0.2) is 42.8 Å². The molecule has 0 radical (unpaired) electrons. The highest BCUT2D eigenvalue weighted by molar-refractivity contribution is 7.91. The van der Waals surface area contributed by atoms with E-state index >= 15 is 0 Å². The van der Waals surface area contributed by atoms with Gasteiger partial charge in [0.25, 0.3) is 5.69 Å². The number of sulfone groups is 1. The van der Waals surface area contributed by atoms with Crippen molar-refractivity contribution >= 4 is 21.2 Å². The number of nitro benzene ring substituents is 1. The Balaban J connectivity index is 2.04. The molecule has 0 aliphatic carbocycles. The highest BCUT2D eigenvalue weighted by atomic mass is 32.2. The maximum Gasteiger partial charge on any atom is 0.292 e. The van der Waals surface area contributed by atoms with Gasteiger partial charge < -0.3 is 5.73 Å². The van der Waals surface area contributed by atoms with Crippen molar-refractivity contribution in [3.8, 4) is 0 Å². The molecule has 2 N–H and O–H groups in total. The number of nitrogen functional groups attached to an aromatic ring is 1. The number of anilines is 1. The SMILES string of the molecule is Nc1cc(CN2CCS(=O)(=O)CC2)ccc1[N+](=O)[O-]. The molecular weight excluding hydrogens is 270 g/mol. The zero-order valence-corrected chi connectivity index (χ0v) is 11.1. The maximum atomic E-state index is 11.3. The standard InChI is InChI=1S/C11H15N3O4S/c12-10-7-9(1-2-11(10)14(15)16)8-13-3-5-19(17,18)6-4-13/h1-2,7H,3-6,8,12H2.